The molecule has 1 aromatic carbocycles. The molecule has 0 radical (unpaired) electrons. The number of benzene rings is 1. The van der Waals surface area contributed by atoms with Crippen LogP contribution >= 0.6 is 0 Å². The zero-order valence-electron chi connectivity index (χ0n) is 12.1. The average Bonchev–Trinajstić information content (AvgIpc) is 2.38. The van der Waals surface area contributed by atoms with Crippen molar-refractivity contribution < 1.29 is 9.59 Å². The summed E-state index contributed by atoms with van der Waals surface area (Å²) >= 11 is 0. The molecule has 0 unspecified atom stereocenters. The second kappa shape index (κ2) is 6.92. The Balaban J connectivity index is 2.81. The Morgan fingerprint density at radius 3 is 2.53 bits per heavy atom. The lowest BCUT2D eigenvalue weighted by Gasteiger charge is -2.24. The first kappa shape index (κ1) is 15.2. The number of anilines is 1. The second-order valence-electron chi connectivity index (χ2n) is 4.59. The number of nitrogens with one attached hydrogen (secondary N) is 1. The van der Waals surface area contributed by atoms with Crippen LogP contribution in [0.4, 0.5) is 5.69 Å². The molecule has 0 aliphatic heterocycles. The molecule has 2 amide bonds. The minimum atomic E-state index is -0.0144. The molecule has 4 nitrogen and oxygen atoms in total. The van der Waals surface area contributed by atoms with Gasteiger partial charge in [0.15, 0.2) is 0 Å². The van der Waals surface area contributed by atoms with Crippen LogP contribution in [0.25, 0.3) is 0 Å². The number of hydrogen-bond acceptors (Lipinski definition) is 2. The quantitative estimate of drug-likeness (QED) is 0.884. The lowest BCUT2D eigenvalue weighted by Crippen LogP contribution is -2.37. The van der Waals surface area contributed by atoms with Gasteiger partial charge in [0, 0.05) is 32.1 Å². The standard InChI is InChI=1S/C15H22N2O2/c1-5-15(19)16-9-10-17(13(4)18)14-8-6-7-11(2)12(14)3/h6-8H,5,9-10H2,1-4H3,(H,16,19). The highest BCUT2D eigenvalue weighted by atomic mass is 16.2. The molecule has 0 bridgehead atoms. The van der Waals surface area contributed by atoms with Gasteiger partial charge in [-0.15, -0.1) is 0 Å². The third-order valence-corrected chi connectivity index (χ3v) is 3.23. The molecule has 1 N–H and O–H groups in total. The van der Waals surface area contributed by atoms with Crippen LogP contribution < -0.4 is 10.2 Å². The van der Waals surface area contributed by atoms with Gasteiger partial charge in [0.25, 0.3) is 0 Å². The van der Waals surface area contributed by atoms with E-state index in [2.05, 4.69) is 5.32 Å². The number of aryl methyl sites for hydroxylation is 1. The van der Waals surface area contributed by atoms with E-state index in [9.17, 15) is 9.59 Å². The van der Waals surface area contributed by atoms with Gasteiger partial charge in [-0.05, 0) is 31.0 Å². The van der Waals surface area contributed by atoms with E-state index < -0.39 is 0 Å². The van der Waals surface area contributed by atoms with Crippen molar-refractivity contribution in [2.75, 3.05) is 18.0 Å². The number of hydrogen-bond donors (Lipinski definition) is 1. The fraction of sp³-hybridized carbons (Fsp3) is 0.467. The monoisotopic (exact) mass is 262 g/mol. The van der Waals surface area contributed by atoms with Crippen molar-refractivity contribution in [3.8, 4) is 0 Å². The Morgan fingerprint density at radius 2 is 1.95 bits per heavy atom. The first-order chi connectivity index (χ1) is 8.97. The van der Waals surface area contributed by atoms with Gasteiger partial charge >= 0.3 is 0 Å². The summed E-state index contributed by atoms with van der Waals surface area (Å²) in [6, 6.07) is 5.90. The lowest BCUT2D eigenvalue weighted by atomic mass is 10.1. The number of carbonyl (C=O) groups is 2. The Morgan fingerprint density at radius 1 is 1.26 bits per heavy atom. The van der Waals surface area contributed by atoms with Gasteiger partial charge < -0.3 is 10.2 Å². The Kier molecular flexibility index (Phi) is 5.55. The van der Waals surface area contributed by atoms with Crippen molar-refractivity contribution in [3.63, 3.8) is 0 Å². The predicted molar refractivity (Wildman–Crippen MR) is 77.2 cm³/mol. The van der Waals surface area contributed by atoms with Gasteiger partial charge in [-0.25, -0.2) is 0 Å². The van der Waals surface area contributed by atoms with Crippen molar-refractivity contribution in [2.45, 2.75) is 34.1 Å². The third-order valence-electron chi connectivity index (χ3n) is 3.23. The minimum Gasteiger partial charge on any atom is -0.354 e. The first-order valence-electron chi connectivity index (χ1n) is 6.58. The zero-order chi connectivity index (χ0) is 14.4. The van der Waals surface area contributed by atoms with Crippen molar-refractivity contribution in [2.24, 2.45) is 0 Å². The Bertz CT molecular complexity index is 469. The van der Waals surface area contributed by atoms with Crippen LogP contribution in [0.3, 0.4) is 0 Å². The predicted octanol–water partition coefficient (Wildman–Crippen LogP) is 2.18. The normalized spacial score (nSPS) is 10.1. The van der Waals surface area contributed by atoms with Gasteiger partial charge in [-0.1, -0.05) is 19.1 Å². The smallest absolute Gasteiger partial charge is 0.223 e. The fourth-order valence-electron chi connectivity index (χ4n) is 1.91. The SMILES string of the molecule is CCC(=O)NCCN(C(C)=O)c1cccc(C)c1C. The third kappa shape index (κ3) is 4.09. The summed E-state index contributed by atoms with van der Waals surface area (Å²) in [5, 5.41) is 2.79. The molecule has 0 spiro atoms. The van der Waals surface area contributed by atoms with Crippen molar-refractivity contribution in [1.82, 2.24) is 5.32 Å². The van der Waals surface area contributed by atoms with Gasteiger partial charge in [0.2, 0.25) is 11.8 Å². The van der Waals surface area contributed by atoms with Gasteiger partial charge in [-0.3, -0.25) is 9.59 Å². The van der Waals surface area contributed by atoms with Crippen LogP contribution in [0.2, 0.25) is 0 Å². The van der Waals surface area contributed by atoms with Crippen LogP contribution in [0.1, 0.15) is 31.4 Å². The summed E-state index contributed by atoms with van der Waals surface area (Å²) in [4.78, 5) is 24.7. The van der Waals surface area contributed by atoms with E-state index in [1.54, 1.807) is 11.8 Å². The van der Waals surface area contributed by atoms with Crippen LogP contribution in [0, 0.1) is 13.8 Å². The molecule has 19 heavy (non-hydrogen) atoms. The molecule has 1 aromatic rings. The summed E-state index contributed by atoms with van der Waals surface area (Å²) in [6.07, 6.45) is 0.462. The zero-order valence-corrected chi connectivity index (χ0v) is 12.1. The lowest BCUT2D eigenvalue weighted by molar-refractivity contribution is -0.121. The van der Waals surface area contributed by atoms with Gasteiger partial charge in [0.05, 0.1) is 0 Å². The number of rotatable bonds is 5. The molecule has 0 fully saturated rings. The van der Waals surface area contributed by atoms with E-state index in [1.165, 1.54) is 0 Å². The molecule has 0 aromatic heterocycles. The molecular formula is C15H22N2O2. The van der Waals surface area contributed by atoms with E-state index in [1.807, 2.05) is 39.0 Å². The van der Waals surface area contributed by atoms with Gasteiger partial charge in [0.1, 0.15) is 0 Å². The maximum atomic E-state index is 11.8. The minimum absolute atomic E-state index is 0.00414. The summed E-state index contributed by atoms with van der Waals surface area (Å²) in [6.45, 7) is 8.35. The number of amides is 2. The molecule has 0 aliphatic rings. The van der Waals surface area contributed by atoms with Crippen LogP contribution in [-0.2, 0) is 9.59 Å². The van der Waals surface area contributed by atoms with E-state index in [4.69, 9.17) is 0 Å². The van der Waals surface area contributed by atoms with E-state index in [-0.39, 0.29) is 11.8 Å². The molecule has 0 aliphatic carbocycles. The molecule has 0 atom stereocenters. The first-order valence-corrected chi connectivity index (χ1v) is 6.58. The molecule has 1 rings (SSSR count). The Hall–Kier alpha value is -1.84. The highest BCUT2D eigenvalue weighted by Crippen LogP contribution is 2.22. The fourth-order valence-corrected chi connectivity index (χ4v) is 1.91. The highest BCUT2D eigenvalue weighted by Gasteiger charge is 2.14. The molecule has 0 saturated heterocycles. The molecule has 0 heterocycles. The number of carbonyl (C=O) groups excluding carboxylic acids is 2. The largest absolute Gasteiger partial charge is 0.354 e. The average molecular weight is 262 g/mol. The second-order valence-corrected chi connectivity index (χ2v) is 4.59. The van der Waals surface area contributed by atoms with Crippen LogP contribution in [-0.4, -0.2) is 24.9 Å². The number of nitrogens with zero attached hydrogens (tertiary/aromatic N) is 1. The van der Waals surface area contributed by atoms with Crippen molar-refractivity contribution >= 4 is 17.5 Å². The van der Waals surface area contributed by atoms with E-state index in [0.717, 1.165) is 16.8 Å². The maximum Gasteiger partial charge on any atom is 0.223 e. The van der Waals surface area contributed by atoms with E-state index in [0.29, 0.717) is 19.5 Å². The van der Waals surface area contributed by atoms with Crippen LogP contribution in [0.5, 0.6) is 0 Å². The van der Waals surface area contributed by atoms with Crippen LogP contribution in [0.15, 0.2) is 18.2 Å². The van der Waals surface area contributed by atoms with Crippen molar-refractivity contribution in [3.05, 3.63) is 29.3 Å². The summed E-state index contributed by atoms with van der Waals surface area (Å²) in [5.74, 6) is -0.0103. The molecular weight excluding hydrogens is 240 g/mol. The highest BCUT2D eigenvalue weighted by molar-refractivity contribution is 5.92. The van der Waals surface area contributed by atoms with Crippen molar-refractivity contribution in [1.29, 1.82) is 0 Å². The maximum absolute atomic E-state index is 11.8. The topological polar surface area (TPSA) is 49.4 Å². The summed E-state index contributed by atoms with van der Waals surface area (Å²) < 4.78 is 0. The summed E-state index contributed by atoms with van der Waals surface area (Å²) in [7, 11) is 0. The van der Waals surface area contributed by atoms with E-state index >= 15 is 0 Å². The summed E-state index contributed by atoms with van der Waals surface area (Å²) in [5.41, 5.74) is 3.17. The Labute approximate surface area is 114 Å². The molecule has 104 valence electrons. The molecule has 4 heteroatoms. The van der Waals surface area contributed by atoms with Gasteiger partial charge in [-0.2, -0.15) is 0 Å². The molecule has 0 saturated carbocycles.